The first-order valence-corrected chi connectivity index (χ1v) is 5.03. The molecule has 0 saturated heterocycles. The lowest BCUT2D eigenvalue weighted by Crippen LogP contribution is -1.99. The lowest BCUT2D eigenvalue weighted by Gasteiger charge is -2.04. The van der Waals surface area contributed by atoms with E-state index >= 15 is 0 Å². The Bertz CT molecular complexity index is 369. The fourth-order valence-electron chi connectivity index (χ4n) is 1.65. The van der Waals surface area contributed by atoms with E-state index in [1.54, 1.807) is 18.2 Å². The summed E-state index contributed by atoms with van der Waals surface area (Å²) < 4.78 is 0. The molecule has 1 aromatic rings. The predicted octanol–water partition coefficient (Wildman–Crippen LogP) is 3.18. The number of hydrogen-bond acceptors (Lipinski definition) is 1. The minimum absolute atomic E-state index is 0.00583. The lowest BCUT2D eigenvalue weighted by molar-refractivity contribution is -0.138. The van der Waals surface area contributed by atoms with E-state index in [1.807, 2.05) is 0 Å². The molecule has 0 aromatic heterocycles. The van der Waals surface area contributed by atoms with Crippen LogP contribution in [-0.4, -0.2) is 11.1 Å². The Kier molecular flexibility index (Phi) is 2.41. The Balaban J connectivity index is 2.31. The maximum atomic E-state index is 10.7. The van der Waals surface area contributed by atoms with Crippen molar-refractivity contribution in [1.82, 2.24) is 0 Å². The van der Waals surface area contributed by atoms with Gasteiger partial charge in [0.25, 0.3) is 0 Å². The molecule has 0 heterocycles. The lowest BCUT2D eigenvalue weighted by atomic mass is 10.1. The molecule has 1 aromatic carbocycles. The number of carbonyl (C=O) groups is 1. The van der Waals surface area contributed by atoms with Gasteiger partial charge in [-0.2, -0.15) is 0 Å². The maximum Gasteiger partial charge on any atom is 0.307 e. The van der Waals surface area contributed by atoms with E-state index in [4.69, 9.17) is 28.3 Å². The molecule has 74 valence electrons. The third-order valence-corrected chi connectivity index (χ3v) is 3.14. The van der Waals surface area contributed by atoms with E-state index in [9.17, 15) is 4.79 Å². The van der Waals surface area contributed by atoms with Crippen LogP contribution < -0.4 is 0 Å². The van der Waals surface area contributed by atoms with Crippen molar-refractivity contribution in [2.24, 2.45) is 5.92 Å². The van der Waals surface area contributed by atoms with Crippen LogP contribution in [0.3, 0.4) is 0 Å². The molecule has 0 amide bonds. The monoisotopic (exact) mass is 230 g/mol. The van der Waals surface area contributed by atoms with Crippen molar-refractivity contribution in [2.45, 2.75) is 12.3 Å². The van der Waals surface area contributed by atoms with Crippen LogP contribution in [0.15, 0.2) is 18.2 Å². The molecule has 1 fully saturated rings. The molecule has 1 aliphatic rings. The Morgan fingerprint density at radius 1 is 1.36 bits per heavy atom. The van der Waals surface area contributed by atoms with Gasteiger partial charge in [-0.25, -0.2) is 0 Å². The highest BCUT2D eigenvalue weighted by Crippen LogP contribution is 2.51. The highest BCUT2D eigenvalue weighted by atomic mass is 35.5. The topological polar surface area (TPSA) is 37.3 Å². The maximum absolute atomic E-state index is 10.7. The fraction of sp³-hybridized carbons (Fsp3) is 0.300. The zero-order valence-electron chi connectivity index (χ0n) is 7.21. The summed E-state index contributed by atoms with van der Waals surface area (Å²) in [6, 6.07) is 5.23. The van der Waals surface area contributed by atoms with Crippen molar-refractivity contribution >= 4 is 29.2 Å². The zero-order valence-corrected chi connectivity index (χ0v) is 8.72. The second kappa shape index (κ2) is 3.44. The highest BCUT2D eigenvalue weighted by Gasteiger charge is 2.45. The van der Waals surface area contributed by atoms with E-state index in [0.29, 0.717) is 16.5 Å². The van der Waals surface area contributed by atoms with Crippen LogP contribution in [0.25, 0.3) is 0 Å². The molecule has 4 heteroatoms. The van der Waals surface area contributed by atoms with Gasteiger partial charge in [0.05, 0.1) is 5.92 Å². The van der Waals surface area contributed by atoms with Crippen LogP contribution in [0.5, 0.6) is 0 Å². The van der Waals surface area contributed by atoms with Gasteiger partial charge in [-0.05, 0) is 24.1 Å². The fourth-order valence-corrected chi connectivity index (χ4v) is 2.33. The van der Waals surface area contributed by atoms with Crippen molar-refractivity contribution in [2.75, 3.05) is 0 Å². The van der Waals surface area contributed by atoms with Crippen LogP contribution in [0.1, 0.15) is 17.9 Å². The third kappa shape index (κ3) is 1.60. The summed E-state index contributed by atoms with van der Waals surface area (Å²) in [5.41, 5.74) is 0.781. The van der Waals surface area contributed by atoms with E-state index < -0.39 is 5.97 Å². The number of benzene rings is 1. The molecule has 14 heavy (non-hydrogen) atoms. The van der Waals surface area contributed by atoms with Gasteiger partial charge in [-0.15, -0.1) is 0 Å². The van der Waals surface area contributed by atoms with Gasteiger partial charge in [0.15, 0.2) is 0 Å². The molecule has 0 aliphatic heterocycles. The molecular formula is C10H8Cl2O2. The molecule has 0 bridgehead atoms. The van der Waals surface area contributed by atoms with Crippen molar-refractivity contribution in [1.29, 1.82) is 0 Å². The Morgan fingerprint density at radius 3 is 2.36 bits per heavy atom. The minimum atomic E-state index is -0.772. The predicted molar refractivity (Wildman–Crippen MR) is 54.9 cm³/mol. The van der Waals surface area contributed by atoms with Gasteiger partial charge >= 0.3 is 5.97 Å². The zero-order chi connectivity index (χ0) is 10.3. The second-order valence-corrected chi connectivity index (χ2v) is 4.24. The molecule has 1 saturated carbocycles. The van der Waals surface area contributed by atoms with E-state index in [1.165, 1.54) is 0 Å². The molecular weight excluding hydrogens is 223 g/mol. The van der Waals surface area contributed by atoms with E-state index in [2.05, 4.69) is 0 Å². The summed E-state index contributed by atoms with van der Waals surface area (Å²) in [7, 11) is 0. The van der Waals surface area contributed by atoms with E-state index in [-0.39, 0.29) is 11.8 Å². The Hall–Kier alpha value is -0.730. The molecule has 2 atom stereocenters. The molecule has 2 nitrogen and oxygen atoms in total. The average Bonchev–Trinajstić information content (AvgIpc) is 2.83. The van der Waals surface area contributed by atoms with Gasteiger partial charge in [-0.1, -0.05) is 29.3 Å². The van der Waals surface area contributed by atoms with Gasteiger partial charge in [0, 0.05) is 16.0 Å². The Labute approximate surface area is 91.4 Å². The van der Waals surface area contributed by atoms with Crippen LogP contribution in [0.2, 0.25) is 10.0 Å². The summed E-state index contributed by atoms with van der Waals surface area (Å²) in [5.74, 6) is -1.09. The normalized spacial score (nSPS) is 24.7. The second-order valence-electron chi connectivity index (χ2n) is 3.42. The first-order chi connectivity index (χ1) is 6.61. The van der Waals surface area contributed by atoms with Crippen LogP contribution >= 0.6 is 23.2 Å². The smallest absolute Gasteiger partial charge is 0.307 e. The molecule has 0 radical (unpaired) electrons. The third-order valence-electron chi connectivity index (χ3n) is 2.48. The molecule has 0 spiro atoms. The van der Waals surface area contributed by atoms with Gasteiger partial charge in [0.2, 0.25) is 0 Å². The van der Waals surface area contributed by atoms with Crippen LogP contribution in [0.4, 0.5) is 0 Å². The summed E-state index contributed by atoms with van der Waals surface area (Å²) in [4.78, 5) is 10.7. The number of carboxylic acid groups (broad SMARTS) is 1. The Morgan fingerprint density at radius 2 is 1.93 bits per heavy atom. The molecule has 0 unspecified atom stereocenters. The standard InChI is InChI=1S/C10H8Cl2O2/c11-7-2-1-3-8(12)9(7)5-4-6(5)10(13)14/h1-3,5-6H,4H2,(H,13,14)/t5-,6-/m1/s1. The largest absolute Gasteiger partial charge is 0.481 e. The van der Waals surface area contributed by atoms with Gasteiger partial charge in [-0.3, -0.25) is 4.79 Å². The number of hydrogen-bond donors (Lipinski definition) is 1. The minimum Gasteiger partial charge on any atom is -0.481 e. The molecule has 1 aliphatic carbocycles. The van der Waals surface area contributed by atoms with Gasteiger partial charge < -0.3 is 5.11 Å². The number of aliphatic carboxylic acids is 1. The van der Waals surface area contributed by atoms with Crippen molar-refractivity contribution < 1.29 is 9.90 Å². The van der Waals surface area contributed by atoms with Crippen LogP contribution in [0, 0.1) is 5.92 Å². The highest BCUT2D eigenvalue weighted by molar-refractivity contribution is 6.36. The van der Waals surface area contributed by atoms with Crippen molar-refractivity contribution in [3.05, 3.63) is 33.8 Å². The van der Waals surface area contributed by atoms with Crippen molar-refractivity contribution in [3.63, 3.8) is 0 Å². The van der Waals surface area contributed by atoms with Gasteiger partial charge in [0.1, 0.15) is 0 Å². The summed E-state index contributed by atoms with van der Waals surface area (Å²) in [6.45, 7) is 0. The van der Waals surface area contributed by atoms with E-state index in [0.717, 1.165) is 5.56 Å². The number of halogens is 2. The molecule has 2 rings (SSSR count). The van der Waals surface area contributed by atoms with Crippen molar-refractivity contribution in [3.8, 4) is 0 Å². The quantitative estimate of drug-likeness (QED) is 0.848. The summed E-state index contributed by atoms with van der Waals surface area (Å²) >= 11 is 11.9. The van der Waals surface area contributed by atoms with Crippen LogP contribution in [-0.2, 0) is 4.79 Å². The summed E-state index contributed by atoms with van der Waals surface area (Å²) in [5, 5.41) is 9.90. The molecule has 1 N–H and O–H groups in total. The first kappa shape index (κ1) is 9.81. The summed E-state index contributed by atoms with van der Waals surface area (Å²) in [6.07, 6.45) is 0.638. The first-order valence-electron chi connectivity index (χ1n) is 4.28. The average molecular weight is 231 g/mol. The number of carboxylic acids is 1. The number of rotatable bonds is 2. The SMILES string of the molecule is O=C(O)[C@@H]1C[C@H]1c1c(Cl)cccc1Cl.